The molecule has 3 nitrogen and oxygen atoms in total. The monoisotopic (exact) mass is 256 g/mol. The second-order valence-electron chi connectivity index (χ2n) is 4.86. The molecule has 0 bridgehead atoms. The number of halogens is 1. The Labute approximate surface area is 106 Å². The molecule has 0 aromatic heterocycles. The van der Waals surface area contributed by atoms with E-state index >= 15 is 0 Å². The van der Waals surface area contributed by atoms with Gasteiger partial charge >= 0.3 is 5.97 Å². The van der Waals surface area contributed by atoms with Crippen molar-refractivity contribution in [2.45, 2.75) is 38.9 Å². The number of hydrogen-bond acceptors (Lipinski definition) is 3. The number of ether oxygens (including phenoxy) is 1. The number of aliphatic hydroxyl groups is 1. The van der Waals surface area contributed by atoms with Crippen LogP contribution < -0.4 is 0 Å². The maximum Gasteiger partial charge on any atom is 0.309 e. The highest BCUT2D eigenvalue weighted by Gasteiger charge is 2.20. The van der Waals surface area contributed by atoms with Gasteiger partial charge in [-0.15, -0.1) is 0 Å². The van der Waals surface area contributed by atoms with E-state index in [1.807, 2.05) is 0 Å². The molecule has 0 saturated heterocycles. The van der Waals surface area contributed by atoms with E-state index in [0.717, 1.165) is 0 Å². The van der Waals surface area contributed by atoms with Gasteiger partial charge in [-0.1, -0.05) is 23.7 Å². The molecular formula is C13H17ClO3. The summed E-state index contributed by atoms with van der Waals surface area (Å²) in [7, 11) is 0. The van der Waals surface area contributed by atoms with Gasteiger partial charge in [0.25, 0.3) is 0 Å². The molecule has 17 heavy (non-hydrogen) atoms. The fourth-order valence-corrected chi connectivity index (χ4v) is 1.47. The normalized spacial score (nSPS) is 13.2. The summed E-state index contributed by atoms with van der Waals surface area (Å²) < 4.78 is 5.13. The number of carbonyl (C=O) groups is 1. The predicted molar refractivity (Wildman–Crippen MR) is 66.9 cm³/mol. The molecule has 0 spiro atoms. The SMILES string of the molecule is CC(C)(C)OC(=O)C[C@H](O)c1ccc(Cl)cc1. The fraction of sp³-hybridized carbons (Fsp3) is 0.462. The van der Waals surface area contributed by atoms with Crippen LogP contribution in [0.25, 0.3) is 0 Å². The Bertz CT molecular complexity index is 379. The summed E-state index contributed by atoms with van der Waals surface area (Å²) in [5.74, 6) is -0.417. The number of rotatable bonds is 3. The predicted octanol–water partition coefficient (Wildman–Crippen LogP) is 3.11. The van der Waals surface area contributed by atoms with Gasteiger partial charge < -0.3 is 9.84 Å². The Morgan fingerprint density at radius 1 is 1.35 bits per heavy atom. The zero-order valence-electron chi connectivity index (χ0n) is 10.2. The first kappa shape index (κ1) is 14.0. The lowest BCUT2D eigenvalue weighted by Gasteiger charge is -2.20. The topological polar surface area (TPSA) is 46.5 Å². The molecule has 0 aliphatic heterocycles. The first-order valence-corrected chi connectivity index (χ1v) is 5.81. The lowest BCUT2D eigenvalue weighted by atomic mass is 10.1. The molecule has 1 aromatic carbocycles. The minimum atomic E-state index is -0.859. The lowest BCUT2D eigenvalue weighted by Crippen LogP contribution is -2.24. The molecule has 0 fully saturated rings. The number of aliphatic hydroxyl groups excluding tert-OH is 1. The van der Waals surface area contributed by atoms with Gasteiger partial charge in [0.1, 0.15) is 5.60 Å². The number of benzene rings is 1. The van der Waals surface area contributed by atoms with E-state index in [4.69, 9.17) is 16.3 Å². The fourth-order valence-electron chi connectivity index (χ4n) is 1.34. The highest BCUT2D eigenvalue weighted by Crippen LogP contribution is 2.20. The molecule has 94 valence electrons. The van der Waals surface area contributed by atoms with E-state index in [2.05, 4.69) is 0 Å². The molecule has 0 heterocycles. The summed E-state index contributed by atoms with van der Waals surface area (Å²) in [6, 6.07) is 6.74. The van der Waals surface area contributed by atoms with Gasteiger partial charge in [0.05, 0.1) is 12.5 Å². The van der Waals surface area contributed by atoms with Crippen molar-refractivity contribution in [3.63, 3.8) is 0 Å². The zero-order chi connectivity index (χ0) is 13.1. The Hall–Kier alpha value is -1.06. The molecule has 0 aliphatic carbocycles. The molecule has 0 aliphatic rings. The number of carbonyl (C=O) groups excluding carboxylic acids is 1. The van der Waals surface area contributed by atoms with Crippen LogP contribution in [0, 0.1) is 0 Å². The average Bonchev–Trinajstić information content (AvgIpc) is 2.15. The lowest BCUT2D eigenvalue weighted by molar-refractivity contribution is -0.157. The molecule has 1 aromatic rings. The average molecular weight is 257 g/mol. The van der Waals surface area contributed by atoms with Crippen molar-refractivity contribution in [2.24, 2.45) is 0 Å². The van der Waals surface area contributed by atoms with Crippen LogP contribution in [0.1, 0.15) is 38.9 Å². The summed E-state index contributed by atoms with van der Waals surface area (Å²) in [5.41, 5.74) is 0.122. The minimum absolute atomic E-state index is 0.0566. The second-order valence-corrected chi connectivity index (χ2v) is 5.29. The zero-order valence-corrected chi connectivity index (χ0v) is 11.0. The molecule has 1 rings (SSSR count). The van der Waals surface area contributed by atoms with Gasteiger partial charge in [-0.3, -0.25) is 4.79 Å². The Balaban J connectivity index is 2.57. The highest BCUT2D eigenvalue weighted by molar-refractivity contribution is 6.30. The summed E-state index contributed by atoms with van der Waals surface area (Å²) in [5, 5.41) is 10.4. The molecular weight excluding hydrogens is 240 g/mol. The van der Waals surface area contributed by atoms with Crippen LogP contribution in [0.2, 0.25) is 5.02 Å². The maximum absolute atomic E-state index is 11.5. The van der Waals surface area contributed by atoms with Crippen LogP contribution in [-0.2, 0) is 9.53 Å². The third-order valence-corrected chi connectivity index (χ3v) is 2.29. The largest absolute Gasteiger partial charge is 0.460 e. The summed E-state index contributed by atoms with van der Waals surface area (Å²) in [6.45, 7) is 5.37. The molecule has 4 heteroatoms. The van der Waals surface area contributed by atoms with E-state index in [1.54, 1.807) is 45.0 Å². The second kappa shape index (κ2) is 5.52. The van der Waals surface area contributed by atoms with E-state index in [0.29, 0.717) is 10.6 Å². The van der Waals surface area contributed by atoms with Gasteiger partial charge in [0, 0.05) is 5.02 Å². The number of hydrogen-bond donors (Lipinski definition) is 1. The van der Waals surface area contributed by atoms with Crippen LogP contribution in [0.3, 0.4) is 0 Å². The van der Waals surface area contributed by atoms with Crippen molar-refractivity contribution in [2.75, 3.05) is 0 Å². The number of esters is 1. The van der Waals surface area contributed by atoms with Gasteiger partial charge in [-0.25, -0.2) is 0 Å². The van der Waals surface area contributed by atoms with E-state index in [-0.39, 0.29) is 6.42 Å². The molecule has 0 radical (unpaired) electrons. The van der Waals surface area contributed by atoms with Crippen LogP contribution in [-0.4, -0.2) is 16.7 Å². The van der Waals surface area contributed by atoms with Crippen LogP contribution in [0.4, 0.5) is 0 Å². The first-order chi connectivity index (χ1) is 7.78. The van der Waals surface area contributed by atoms with Crippen molar-refractivity contribution in [3.05, 3.63) is 34.9 Å². The van der Waals surface area contributed by atoms with Crippen LogP contribution in [0.15, 0.2) is 24.3 Å². The Morgan fingerprint density at radius 3 is 2.35 bits per heavy atom. The smallest absolute Gasteiger partial charge is 0.309 e. The van der Waals surface area contributed by atoms with Gasteiger partial charge in [0.2, 0.25) is 0 Å². The van der Waals surface area contributed by atoms with Gasteiger partial charge in [-0.2, -0.15) is 0 Å². The van der Waals surface area contributed by atoms with Crippen molar-refractivity contribution in [1.82, 2.24) is 0 Å². The molecule has 1 atom stereocenters. The van der Waals surface area contributed by atoms with Crippen molar-refractivity contribution < 1.29 is 14.6 Å². The maximum atomic E-state index is 11.5. The van der Waals surface area contributed by atoms with Crippen molar-refractivity contribution in [1.29, 1.82) is 0 Å². The molecule has 1 N–H and O–H groups in total. The standard InChI is InChI=1S/C13H17ClO3/c1-13(2,3)17-12(16)8-11(15)9-4-6-10(14)7-5-9/h4-7,11,15H,8H2,1-3H3/t11-/m0/s1. The van der Waals surface area contributed by atoms with Crippen molar-refractivity contribution in [3.8, 4) is 0 Å². The quantitative estimate of drug-likeness (QED) is 0.846. The molecule has 0 saturated carbocycles. The molecule has 0 amide bonds. The van der Waals surface area contributed by atoms with E-state index in [9.17, 15) is 9.90 Å². The first-order valence-electron chi connectivity index (χ1n) is 5.43. The van der Waals surface area contributed by atoms with Crippen LogP contribution in [0.5, 0.6) is 0 Å². The summed E-state index contributed by atoms with van der Waals surface area (Å²) >= 11 is 5.74. The summed E-state index contributed by atoms with van der Waals surface area (Å²) in [4.78, 5) is 11.5. The third kappa shape index (κ3) is 5.20. The van der Waals surface area contributed by atoms with Crippen molar-refractivity contribution >= 4 is 17.6 Å². The minimum Gasteiger partial charge on any atom is -0.460 e. The Kier molecular flexibility index (Phi) is 4.54. The van der Waals surface area contributed by atoms with E-state index in [1.165, 1.54) is 0 Å². The van der Waals surface area contributed by atoms with Crippen LogP contribution >= 0.6 is 11.6 Å². The Morgan fingerprint density at radius 2 is 1.88 bits per heavy atom. The highest BCUT2D eigenvalue weighted by atomic mass is 35.5. The van der Waals surface area contributed by atoms with E-state index < -0.39 is 17.7 Å². The van der Waals surface area contributed by atoms with Gasteiger partial charge in [-0.05, 0) is 38.5 Å². The van der Waals surface area contributed by atoms with Gasteiger partial charge in [0.15, 0.2) is 0 Å². The third-order valence-electron chi connectivity index (χ3n) is 2.03. The summed E-state index contributed by atoms with van der Waals surface area (Å²) in [6.07, 6.45) is -0.916. The molecule has 0 unspecified atom stereocenters.